The van der Waals surface area contributed by atoms with Crippen LogP contribution in [0.25, 0.3) is 6.08 Å². The van der Waals surface area contributed by atoms with Gasteiger partial charge < -0.3 is 10.1 Å². The maximum absolute atomic E-state index is 11.8. The zero-order valence-corrected chi connectivity index (χ0v) is 12.3. The lowest BCUT2D eigenvalue weighted by Gasteiger charge is -2.03. The van der Waals surface area contributed by atoms with E-state index in [1.165, 1.54) is 6.08 Å². The van der Waals surface area contributed by atoms with Crippen LogP contribution in [0.3, 0.4) is 0 Å². The summed E-state index contributed by atoms with van der Waals surface area (Å²) in [4.78, 5) is 11.8. The van der Waals surface area contributed by atoms with Crippen molar-refractivity contribution < 1.29 is 9.53 Å². The number of hydrogen-bond acceptors (Lipinski definition) is 2. The van der Waals surface area contributed by atoms with Crippen molar-refractivity contribution in [2.75, 3.05) is 11.9 Å². The molecule has 1 amide bonds. The first-order valence-electron chi connectivity index (χ1n) is 6.96. The van der Waals surface area contributed by atoms with E-state index in [4.69, 9.17) is 4.74 Å². The van der Waals surface area contributed by atoms with E-state index < -0.39 is 0 Å². The number of carbonyl (C=O) groups is 1. The van der Waals surface area contributed by atoms with Crippen LogP contribution in [0.1, 0.15) is 18.1 Å². The predicted octanol–water partition coefficient (Wildman–Crippen LogP) is 4.05. The van der Waals surface area contributed by atoms with Crippen LogP contribution in [0.15, 0.2) is 54.6 Å². The number of amides is 1. The van der Waals surface area contributed by atoms with Gasteiger partial charge in [-0.1, -0.05) is 24.3 Å². The summed E-state index contributed by atoms with van der Waals surface area (Å²) >= 11 is 0. The largest absolute Gasteiger partial charge is 0.494 e. The van der Waals surface area contributed by atoms with Gasteiger partial charge in [-0.25, -0.2) is 0 Å². The van der Waals surface area contributed by atoms with Crippen LogP contribution in [-0.2, 0) is 4.79 Å². The number of nitrogens with one attached hydrogen (secondary N) is 1. The highest BCUT2D eigenvalue weighted by Gasteiger charge is 1.98. The highest BCUT2D eigenvalue weighted by atomic mass is 16.5. The standard InChI is InChI=1S/C18H19NO2/c1-3-21-17-10-7-15(8-11-17)9-12-18(20)19-16-6-4-5-14(2)13-16/h4-13H,3H2,1-2H3,(H,19,20). The van der Waals surface area contributed by atoms with E-state index in [1.54, 1.807) is 6.08 Å². The van der Waals surface area contributed by atoms with Crippen molar-refractivity contribution >= 4 is 17.7 Å². The third-order valence-corrected chi connectivity index (χ3v) is 2.90. The molecule has 3 heteroatoms. The molecule has 0 fully saturated rings. The predicted molar refractivity (Wildman–Crippen MR) is 86.5 cm³/mol. The van der Waals surface area contributed by atoms with Gasteiger partial charge in [-0.15, -0.1) is 0 Å². The maximum Gasteiger partial charge on any atom is 0.248 e. The van der Waals surface area contributed by atoms with Gasteiger partial charge in [0, 0.05) is 11.8 Å². The molecule has 21 heavy (non-hydrogen) atoms. The van der Waals surface area contributed by atoms with Gasteiger partial charge in [0.05, 0.1) is 6.61 Å². The average Bonchev–Trinajstić information content (AvgIpc) is 2.47. The number of ether oxygens (including phenoxy) is 1. The summed E-state index contributed by atoms with van der Waals surface area (Å²) in [6, 6.07) is 15.3. The molecular formula is C18H19NO2. The minimum absolute atomic E-state index is 0.144. The molecule has 0 saturated heterocycles. The van der Waals surface area contributed by atoms with E-state index in [9.17, 15) is 4.79 Å². The summed E-state index contributed by atoms with van der Waals surface area (Å²) < 4.78 is 5.37. The molecule has 108 valence electrons. The Morgan fingerprint density at radius 1 is 1.19 bits per heavy atom. The lowest BCUT2D eigenvalue weighted by Crippen LogP contribution is -2.07. The molecule has 0 spiro atoms. The second-order valence-corrected chi connectivity index (χ2v) is 4.69. The fraction of sp³-hybridized carbons (Fsp3) is 0.167. The van der Waals surface area contributed by atoms with Crippen LogP contribution in [0.2, 0.25) is 0 Å². The first-order chi connectivity index (χ1) is 10.2. The molecule has 0 aliphatic rings. The Kier molecular flexibility index (Phi) is 5.16. The van der Waals surface area contributed by atoms with E-state index >= 15 is 0 Å². The minimum atomic E-state index is -0.144. The van der Waals surface area contributed by atoms with Crippen LogP contribution < -0.4 is 10.1 Å². The molecule has 0 bridgehead atoms. The lowest BCUT2D eigenvalue weighted by molar-refractivity contribution is -0.111. The molecule has 1 N–H and O–H groups in total. The number of carbonyl (C=O) groups excluding carboxylic acids is 1. The summed E-state index contributed by atoms with van der Waals surface area (Å²) in [5, 5.41) is 2.83. The van der Waals surface area contributed by atoms with E-state index in [2.05, 4.69) is 5.32 Å². The first kappa shape index (κ1) is 14.9. The number of benzene rings is 2. The zero-order valence-electron chi connectivity index (χ0n) is 12.3. The monoisotopic (exact) mass is 281 g/mol. The Labute approximate surface area is 125 Å². The molecule has 0 radical (unpaired) electrons. The Morgan fingerprint density at radius 3 is 2.62 bits per heavy atom. The van der Waals surface area contributed by atoms with Crippen molar-refractivity contribution in [3.8, 4) is 5.75 Å². The summed E-state index contributed by atoms with van der Waals surface area (Å²) in [6.07, 6.45) is 3.30. The Bertz CT molecular complexity index is 630. The fourth-order valence-corrected chi connectivity index (χ4v) is 1.92. The van der Waals surface area contributed by atoms with E-state index in [0.29, 0.717) is 6.61 Å². The normalized spacial score (nSPS) is 10.6. The lowest BCUT2D eigenvalue weighted by atomic mass is 10.2. The fourth-order valence-electron chi connectivity index (χ4n) is 1.92. The third kappa shape index (κ3) is 4.80. The number of anilines is 1. The summed E-state index contributed by atoms with van der Waals surface area (Å²) in [6.45, 7) is 4.59. The molecule has 2 aromatic carbocycles. The molecule has 0 aromatic heterocycles. The van der Waals surface area contributed by atoms with Gasteiger partial charge in [-0.3, -0.25) is 4.79 Å². The maximum atomic E-state index is 11.8. The second-order valence-electron chi connectivity index (χ2n) is 4.69. The van der Waals surface area contributed by atoms with Gasteiger partial charge in [0.25, 0.3) is 0 Å². The molecule has 0 saturated carbocycles. The smallest absolute Gasteiger partial charge is 0.248 e. The summed E-state index contributed by atoms with van der Waals surface area (Å²) in [5.41, 5.74) is 2.87. The van der Waals surface area contributed by atoms with Crippen molar-refractivity contribution in [3.63, 3.8) is 0 Å². The topological polar surface area (TPSA) is 38.3 Å². The van der Waals surface area contributed by atoms with Crippen molar-refractivity contribution in [1.29, 1.82) is 0 Å². The van der Waals surface area contributed by atoms with Gasteiger partial charge in [0.15, 0.2) is 0 Å². The molecule has 0 aliphatic heterocycles. The van der Waals surface area contributed by atoms with Crippen LogP contribution in [0, 0.1) is 6.92 Å². The average molecular weight is 281 g/mol. The molecule has 3 nitrogen and oxygen atoms in total. The Balaban J connectivity index is 1.95. The third-order valence-electron chi connectivity index (χ3n) is 2.90. The molecular weight excluding hydrogens is 262 g/mol. The van der Waals surface area contributed by atoms with Gasteiger partial charge in [0.1, 0.15) is 5.75 Å². The van der Waals surface area contributed by atoms with Gasteiger partial charge >= 0.3 is 0 Å². The van der Waals surface area contributed by atoms with Crippen molar-refractivity contribution in [2.45, 2.75) is 13.8 Å². The van der Waals surface area contributed by atoms with Crippen molar-refractivity contribution in [1.82, 2.24) is 0 Å². The van der Waals surface area contributed by atoms with Crippen molar-refractivity contribution in [3.05, 3.63) is 65.7 Å². The zero-order chi connectivity index (χ0) is 15.1. The van der Waals surface area contributed by atoms with Crippen LogP contribution in [0.5, 0.6) is 5.75 Å². The Morgan fingerprint density at radius 2 is 1.95 bits per heavy atom. The number of aryl methyl sites for hydroxylation is 1. The summed E-state index contributed by atoms with van der Waals surface area (Å²) in [7, 11) is 0. The molecule has 2 rings (SSSR count). The van der Waals surface area contributed by atoms with E-state index in [-0.39, 0.29) is 5.91 Å². The summed E-state index contributed by atoms with van der Waals surface area (Å²) in [5.74, 6) is 0.688. The SMILES string of the molecule is CCOc1ccc(C=CC(=O)Nc2cccc(C)c2)cc1. The quantitative estimate of drug-likeness (QED) is 0.840. The van der Waals surface area contributed by atoms with Gasteiger partial charge in [-0.2, -0.15) is 0 Å². The van der Waals surface area contributed by atoms with E-state index in [0.717, 1.165) is 22.6 Å². The first-order valence-corrected chi connectivity index (χ1v) is 6.96. The molecule has 0 atom stereocenters. The number of rotatable bonds is 5. The molecule has 0 unspecified atom stereocenters. The Hall–Kier alpha value is -2.55. The minimum Gasteiger partial charge on any atom is -0.494 e. The molecule has 2 aromatic rings. The van der Waals surface area contributed by atoms with Crippen LogP contribution in [0.4, 0.5) is 5.69 Å². The van der Waals surface area contributed by atoms with Gasteiger partial charge in [-0.05, 0) is 55.3 Å². The van der Waals surface area contributed by atoms with Gasteiger partial charge in [0.2, 0.25) is 5.91 Å². The number of hydrogen-bond donors (Lipinski definition) is 1. The van der Waals surface area contributed by atoms with E-state index in [1.807, 2.05) is 62.4 Å². The highest BCUT2D eigenvalue weighted by molar-refractivity contribution is 6.01. The molecule has 0 heterocycles. The van der Waals surface area contributed by atoms with Crippen LogP contribution in [-0.4, -0.2) is 12.5 Å². The second kappa shape index (κ2) is 7.29. The molecule has 0 aliphatic carbocycles. The van der Waals surface area contributed by atoms with Crippen molar-refractivity contribution in [2.24, 2.45) is 0 Å². The van der Waals surface area contributed by atoms with Crippen LogP contribution >= 0.6 is 0 Å². The highest BCUT2D eigenvalue weighted by Crippen LogP contribution is 2.13.